The maximum atomic E-state index is 12.2. The second-order valence-electron chi connectivity index (χ2n) is 6.36. The minimum Gasteiger partial charge on any atom is -0.469 e. The van der Waals surface area contributed by atoms with Crippen LogP contribution in [0.1, 0.15) is 41.5 Å². The molecule has 7 nitrogen and oxygen atoms in total. The van der Waals surface area contributed by atoms with Crippen LogP contribution < -0.4 is 0 Å². The van der Waals surface area contributed by atoms with Crippen LogP contribution in [0.2, 0.25) is 0 Å². The maximum absolute atomic E-state index is 12.2. The second kappa shape index (κ2) is 6.07. The summed E-state index contributed by atoms with van der Waals surface area (Å²) in [7, 11) is 0. The van der Waals surface area contributed by atoms with E-state index >= 15 is 0 Å². The van der Waals surface area contributed by atoms with Gasteiger partial charge in [0, 0.05) is 0 Å². The molecule has 0 N–H and O–H groups in total. The summed E-state index contributed by atoms with van der Waals surface area (Å²) in [6.07, 6.45) is 3.62. The van der Waals surface area contributed by atoms with E-state index in [-0.39, 0.29) is 0 Å². The van der Waals surface area contributed by atoms with E-state index in [9.17, 15) is 9.59 Å². The van der Waals surface area contributed by atoms with Gasteiger partial charge in [-0.1, -0.05) is 0 Å². The molecule has 0 saturated carbocycles. The van der Waals surface area contributed by atoms with Crippen LogP contribution in [0.5, 0.6) is 0 Å². The van der Waals surface area contributed by atoms with Gasteiger partial charge in [-0.05, 0) is 41.5 Å². The van der Waals surface area contributed by atoms with Crippen LogP contribution >= 0.6 is 0 Å². The van der Waals surface area contributed by atoms with Gasteiger partial charge in [0.1, 0.15) is 23.7 Å². The monoisotopic (exact) mass is 298 g/mol. The zero-order valence-corrected chi connectivity index (χ0v) is 13.2. The van der Waals surface area contributed by atoms with E-state index in [1.165, 1.54) is 24.9 Å². The predicted molar refractivity (Wildman–Crippen MR) is 75.6 cm³/mol. The Kier molecular flexibility index (Phi) is 4.88. The highest BCUT2D eigenvalue weighted by molar-refractivity contribution is 5.76. The Hall–Kier alpha value is -2.18. The average Bonchev–Trinajstić information content (AvgIpc) is 2.48. The van der Waals surface area contributed by atoms with Crippen LogP contribution in [0.3, 0.4) is 0 Å². The van der Waals surface area contributed by atoms with Crippen LogP contribution in [0.25, 0.3) is 0 Å². The van der Waals surface area contributed by atoms with Gasteiger partial charge in [0.2, 0.25) is 0 Å². The number of nitrogens with zero attached hydrogens (tertiary/aromatic N) is 2. The fourth-order valence-electron chi connectivity index (χ4n) is 1.29. The first-order valence-corrected chi connectivity index (χ1v) is 6.53. The summed E-state index contributed by atoms with van der Waals surface area (Å²) in [6, 6.07) is 0. The summed E-state index contributed by atoms with van der Waals surface area (Å²) in [5.41, 5.74) is -1.39. The molecule has 0 spiro atoms. The van der Waals surface area contributed by atoms with Gasteiger partial charge in [-0.3, -0.25) is 0 Å². The van der Waals surface area contributed by atoms with Gasteiger partial charge in [-0.25, -0.2) is 9.59 Å². The highest BCUT2D eigenvalue weighted by Gasteiger charge is 2.23. The number of carbonyl (C=O) groups is 2. The van der Waals surface area contributed by atoms with Crippen molar-refractivity contribution in [2.45, 2.75) is 52.7 Å². The zero-order valence-electron chi connectivity index (χ0n) is 13.2. The summed E-state index contributed by atoms with van der Waals surface area (Å²) in [6.45, 7) is 10.4. The number of hydrogen-bond donors (Lipinski definition) is 0. The molecule has 7 heteroatoms. The lowest BCUT2D eigenvalue weighted by Crippen LogP contribution is -2.35. The predicted octanol–water partition coefficient (Wildman–Crippen LogP) is 3.57. The number of aromatic nitrogens is 2. The lowest BCUT2D eigenvalue weighted by atomic mass is 10.2. The molecular formula is C14H22N2O5. The van der Waals surface area contributed by atoms with Crippen molar-refractivity contribution in [2.24, 2.45) is 0 Å². The molecule has 1 aromatic rings. The largest absolute Gasteiger partial charge is 0.469 e. The minimum atomic E-state index is -0.722. The zero-order chi connectivity index (χ0) is 16.3. The Labute approximate surface area is 123 Å². The van der Waals surface area contributed by atoms with Crippen LogP contribution in [0.15, 0.2) is 29.3 Å². The topological polar surface area (TPSA) is 75.6 Å². The van der Waals surface area contributed by atoms with Crippen LogP contribution in [0, 0.1) is 0 Å². The Morgan fingerprint density at radius 3 is 1.43 bits per heavy atom. The third-order valence-corrected chi connectivity index (χ3v) is 1.95. The van der Waals surface area contributed by atoms with Gasteiger partial charge in [0.05, 0.1) is 12.4 Å². The van der Waals surface area contributed by atoms with E-state index in [0.29, 0.717) is 0 Å². The summed E-state index contributed by atoms with van der Waals surface area (Å²) < 4.78 is 17.4. The molecule has 0 aliphatic heterocycles. The summed E-state index contributed by atoms with van der Waals surface area (Å²) >= 11 is 0. The molecule has 0 bridgehead atoms. The number of hydrogen-bond acceptors (Lipinski definition) is 5. The average molecular weight is 298 g/mol. The van der Waals surface area contributed by atoms with E-state index in [4.69, 9.17) is 13.9 Å². The molecule has 21 heavy (non-hydrogen) atoms. The first-order chi connectivity index (χ1) is 9.49. The molecular weight excluding hydrogens is 276 g/mol. The van der Waals surface area contributed by atoms with Gasteiger partial charge in [-0.15, -0.1) is 0 Å². The molecule has 1 aromatic heterocycles. The van der Waals surface area contributed by atoms with Gasteiger partial charge >= 0.3 is 12.2 Å². The first kappa shape index (κ1) is 16.9. The fraction of sp³-hybridized carbons (Fsp3) is 0.571. The lowest BCUT2D eigenvalue weighted by Gasteiger charge is -2.23. The van der Waals surface area contributed by atoms with Crippen molar-refractivity contribution in [1.29, 1.82) is 0 Å². The van der Waals surface area contributed by atoms with E-state index in [2.05, 4.69) is 0 Å². The molecule has 0 aliphatic rings. The van der Waals surface area contributed by atoms with Crippen LogP contribution in [0.4, 0.5) is 9.59 Å². The Bertz CT molecular complexity index is 502. The van der Waals surface area contributed by atoms with Crippen molar-refractivity contribution in [1.82, 2.24) is 9.36 Å². The number of rotatable bonds is 0. The van der Waals surface area contributed by atoms with Gasteiger partial charge in [0.25, 0.3) is 0 Å². The standard InChI is InChI=1S/C14H22N2O5/c1-13(2,3)20-11(17)15-7-9-19-10-8-16(15)12(18)21-14(4,5)6/h7-10H,1-6H3. The first-order valence-electron chi connectivity index (χ1n) is 6.53. The molecule has 0 atom stereocenters. The van der Waals surface area contributed by atoms with Crippen molar-refractivity contribution in [2.75, 3.05) is 0 Å². The lowest BCUT2D eigenvalue weighted by molar-refractivity contribution is 0.0362. The van der Waals surface area contributed by atoms with Crippen molar-refractivity contribution in [3.05, 3.63) is 24.9 Å². The highest BCUT2D eigenvalue weighted by Crippen LogP contribution is 2.11. The summed E-state index contributed by atoms with van der Waals surface area (Å²) in [4.78, 5) is 24.3. The summed E-state index contributed by atoms with van der Waals surface area (Å²) in [5, 5.41) is 0. The molecule has 1 rings (SSSR count). The number of ether oxygens (including phenoxy) is 2. The molecule has 0 fully saturated rings. The Balaban J connectivity index is 3.19. The SMILES string of the molecule is CC(C)(C)OC(=O)n1ccoccn1C(=O)OC(C)(C)C. The maximum Gasteiger partial charge on any atom is 0.434 e. The quantitative estimate of drug-likeness (QED) is 0.731. The molecule has 1 heterocycles. The van der Waals surface area contributed by atoms with E-state index in [1.54, 1.807) is 41.5 Å². The Morgan fingerprint density at radius 2 is 1.14 bits per heavy atom. The van der Waals surface area contributed by atoms with E-state index in [0.717, 1.165) is 9.36 Å². The van der Waals surface area contributed by atoms with Crippen LogP contribution in [-0.4, -0.2) is 32.8 Å². The van der Waals surface area contributed by atoms with Crippen molar-refractivity contribution >= 4 is 12.2 Å². The Morgan fingerprint density at radius 1 is 0.810 bits per heavy atom. The van der Waals surface area contributed by atoms with Crippen LogP contribution in [-0.2, 0) is 9.47 Å². The molecule has 118 valence electrons. The third kappa shape index (κ3) is 5.76. The molecule has 0 aliphatic carbocycles. The second-order valence-corrected chi connectivity index (χ2v) is 6.36. The van der Waals surface area contributed by atoms with Crippen molar-refractivity contribution in [3.8, 4) is 0 Å². The fourth-order valence-corrected chi connectivity index (χ4v) is 1.29. The smallest absolute Gasteiger partial charge is 0.434 e. The summed E-state index contributed by atoms with van der Waals surface area (Å²) in [5.74, 6) is 0. The molecule has 0 aromatic carbocycles. The minimum absolute atomic E-state index is 0.693. The molecule has 0 unspecified atom stereocenters. The highest BCUT2D eigenvalue weighted by atomic mass is 16.6. The van der Waals surface area contributed by atoms with Gasteiger partial charge < -0.3 is 13.9 Å². The van der Waals surface area contributed by atoms with Crippen molar-refractivity contribution in [3.63, 3.8) is 0 Å². The molecule has 0 radical (unpaired) electrons. The van der Waals surface area contributed by atoms with E-state index in [1.807, 2.05) is 0 Å². The molecule has 0 amide bonds. The van der Waals surface area contributed by atoms with Crippen molar-refractivity contribution < 1.29 is 23.5 Å². The number of carbonyl (C=O) groups excluding carboxylic acids is 2. The van der Waals surface area contributed by atoms with Gasteiger partial charge in [0.15, 0.2) is 0 Å². The van der Waals surface area contributed by atoms with Gasteiger partial charge in [-0.2, -0.15) is 9.36 Å². The third-order valence-electron chi connectivity index (χ3n) is 1.95. The molecule has 0 saturated heterocycles. The normalized spacial score (nSPS) is 11.7. The van der Waals surface area contributed by atoms with E-state index < -0.39 is 23.4 Å².